The maximum atomic E-state index is 13.9. The van der Waals surface area contributed by atoms with Crippen molar-refractivity contribution in [1.29, 1.82) is 0 Å². The number of piperidine rings is 1. The molecule has 1 aliphatic heterocycles. The van der Waals surface area contributed by atoms with Crippen LogP contribution in [0.4, 0.5) is 27.9 Å². The Morgan fingerprint density at radius 2 is 1.73 bits per heavy atom. The van der Waals surface area contributed by atoms with Crippen molar-refractivity contribution in [3.63, 3.8) is 0 Å². The third-order valence-electron chi connectivity index (χ3n) is 5.81. The molecular formula is C24H29ClFN7. The predicted octanol–water partition coefficient (Wildman–Crippen LogP) is 5.48. The summed E-state index contributed by atoms with van der Waals surface area (Å²) in [4.78, 5) is 15.9. The first-order chi connectivity index (χ1) is 15.5. The molecule has 3 aromatic rings. The zero-order chi connectivity index (χ0) is 22.5. The van der Waals surface area contributed by atoms with Gasteiger partial charge < -0.3 is 10.2 Å². The van der Waals surface area contributed by atoms with Gasteiger partial charge in [0.2, 0.25) is 17.8 Å². The summed E-state index contributed by atoms with van der Waals surface area (Å²) in [5, 5.41) is 7.45. The van der Waals surface area contributed by atoms with E-state index >= 15 is 0 Å². The molecule has 2 aromatic carbocycles. The minimum Gasteiger partial charge on any atom is -0.341 e. The Morgan fingerprint density at radius 3 is 2.48 bits per heavy atom. The Labute approximate surface area is 200 Å². The van der Waals surface area contributed by atoms with Gasteiger partial charge in [-0.15, -0.1) is 12.4 Å². The summed E-state index contributed by atoms with van der Waals surface area (Å²) in [6.45, 7) is 8.18. The van der Waals surface area contributed by atoms with Gasteiger partial charge in [0.05, 0.1) is 6.21 Å². The molecule has 0 unspecified atom stereocenters. The van der Waals surface area contributed by atoms with E-state index in [1.165, 1.54) is 17.8 Å². The van der Waals surface area contributed by atoms with E-state index in [0.29, 0.717) is 29.3 Å². The van der Waals surface area contributed by atoms with Crippen molar-refractivity contribution in [3.05, 3.63) is 65.0 Å². The van der Waals surface area contributed by atoms with Gasteiger partial charge in [0.15, 0.2) is 0 Å². The molecule has 0 spiro atoms. The molecule has 0 bridgehead atoms. The molecular weight excluding hydrogens is 441 g/mol. The number of rotatable bonds is 6. The van der Waals surface area contributed by atoms with Crippen molar-refractivity contribution < 1.29 is 4.39 Å². The molecule has 33 heavy (non-hydrogen) atoms. The van der Waals surface area contributed by atoms with Crippen LogP contribution in [0.15, 0.2) is 47.6 Å². The molecule has 174 valence electrons. The quantitative estimate of drug-likeness (QED) is 0.368. The molecule has 1 aromatic heterocycles. The van der Waals surface area contributed by atoms with Crippen LogP contribution in [0.2, 0.25) is 0 Å². The SMILES string of the molecule is Cc1cccc(Nc2nc(NN=Cc3ccccc3F)nc(N3CCC(C)CC3)n2)c1C.Cl. The van der Waals surface area contributed by atoms with E-state index in [9.17, 15) is 4.39 Å². The highest BCUT2D eigenvalue weighted by Crippen LogP contribution is 2.25. The lowest BCUT2D eigenvalue weighted by molar-refractivity contribution is 0.434. The van der Waals surface area contributed by atoms with E-state index in [1.54, 1.807) is 18.2 Å². The number of aryl methyl sites for hydroxylation is 1. The molecule has 4 rings (SSSR count). The zero-order valence-corrected chi connectivity index (χ0v) is 19.9. The lowest BCUT2D eigenvalue weighted by Gasteiger charge is -2.30. The van der Waals surface area contributed by atoms with Gasteiger partial charge in [-0.3, -0.25) is 0 Å². The van der Waals surface area contributed by atoms with Gasteiger partial charge >= 0.3 is 0 Å². The first-order valence-electron chi connectivity index (χ1n) is 10.9. The zero-order valence-electron chi connectivity index (χ0n) is 19.0. The van der Waals surface area contributed by atoms with Crippen LogP contribution in [-0.2, 0) is 0 Å². The van der Waals surface area contributed by atoms with Gasteiger partial charge in [-0.25, -0.2) is 9.82 Å². The third kappa shape index (κ3) is 6.16. The lowest BCUT2D eigenvalue weighted by atomic mass is 10.00. The molecule has 1 aliphatic rings. The summed E-state index contributed by atoms with van der Waals surface area (Å²) in [5.41, 5.74) is 6.47. The van der Waals surface area contributed by atoms with Crippen LogP contribution < -0.4 is 15.6 Å². The smallest absolute Gasteiger partial charge is 0.250 e. The fourth-order valence-corrected chi connectivity index (χ4v) is 3.57. The van der Waals surface area contributed by atoms with Gasteiger partial charge in [-0.05, 0) is 55.9 Å². The monoisotopic (exact) mass is 469 g/mol. The van der Waals surface area contributed by atoms with E-state index in [1.807, 2.05) is 12.1 Å². The highest BCUT2D eigenvalue weighted by Gasteiger charge is 2.20. The summed E-state index contributed by atoms with van der Waals surface area (Å²) < 4.78 is 13.9. The van der Waals surface area contributed by atoms with Crippen molar-refractivity contribution in [1.82, 2.24) is 15.0 Å². The standard InChI is InChI=1S/C24H28FN7.ClH/c1-16-11-13-32(14-12-16)24-29-22(27-21-10-6-7-17(2)18(21)3)28-23(30-24)31-26-15-19-8-4-5-9-20(19)25;/h4-10,15-16H,11-14H2,1-3H3,(H2,27,28,29,30,31);1H. The first-order valence-corrected chi connectivity index (χ1v) is 10.9. The number of nitrogens with one attached hydrogen (secondary N) is 2. The lowest BCUT2D eigenvalue weighted by Crippen LogP contribution is -2.34. The van der Waals surface area contributed by atoms with Crippen molar-refractivity contribution in [2.75, 3.05) is 28.7 Å². The van der Waals surface area contributed by atoms with Crippen molar-refractivity contribution >= 4 is 42.2 Å². The molecule has 0 aliphatic carbocycles. The highest BCUT2D eigenvalue weighted by atomic mass is 35.5. The summed E-state index contributed by atoms with van der Waals surface area (Å²) >= 11 is 0. The summed E-state index contributed by atoms with van der Waals surface area (Å²) in [6, 6.07) is 12.5. The Balaban J connectivity index is 0.00000306. The number of hydrazone groups is 1. The van der Waals surface area contributed by atoms with Crippen LogP contribution in [0.25, 0.3) is 0 Å². The number of halogens is 2. The predicted molar refractivity (Wildman–Crippen MR) is 135 cm³/mol. The average Bonchev–Trinajstić information content (AvgIpc) is 2.79. The normalized spacial score (nSPS) is 14.2. The summed E-state index contributed by atoms with van der Waals surface area (Å²) in [5.74, 6) is 1.70. The second-order valence-corrected chi connectivity index (χ2v) is 8.22. The Kier molecular flexibility index (Phi) is 8.16. The van der Waals surface area contributed by atoms with Gasteiger partial charge in [-0.1, -0.05) is 37.3 Å². The Bertz CT molecular complexity index is 1110. The van der Waals surface area contributed by atoms with E-state index in [-0.39, 0.29) is 18.2 Å². The number of hydrogen-bond donors (Lipinski definition) is 2. The fourth-order valence-electron chi connectivity index (χ4n) is 3.57. The maximum Gasteiger partial charge on any atom is 0.250 e. The number of aromatic nitrogens is 3. The largest absolute Gasteiger partial charge is 0.341 e. The molecule has 9 heteroatoms. The van der Waals surface area contributed by atoms with E-state index in [0.717, 1.165) is 37.2 Å². The summed E-state index contributed by atoms with van der Waals surface area (Å²) in [6.07, 6.45) is 3.61. The number of nitrogens with zero attached hydrogens (tertiary/aromatic N) is 5. The molecule has 0 atom stereocenters. The van der Waals surface area contributed by atoms with Crippen LogP contribution in [-0.4, -0.2) is 34.3 Å². The molecule has 2 N–H and O–H groups in total. The van der Waals surface area contributed by atoms with Crippen molar-refractivity contribution in [3.8, 4) is 0 Å². The van der Waals surface area contributed by atoms with E-state index < -0.39 is 0 Å². The summed E-state index contributed by atoms with van der Waals surface area (Å²) in [7, 11) is 0. The van der Waals surface area contributed by atoms with Crippen molar-refractivity contribution in [2.24, 2.45) is 11.0 Å². The van der Waals surface area contributed by atoms with Gasteiger partial charge in [0.25, 0.3) is 0 Å². The second kappa shape index (κ2) is 11.0. The first kappa shape index (κ1) is 24.4. The van der Waals surface area contributed by atoms with Crippen LogP contribution in [0.1, 0.15) is 36.5 Å². The van der Waals surface area contributed by atoms with Crippen LogP contribution >= 0.6 is 12.4 Å². The minimum absolute atomic E-state index is 0. The van der Waals surface area contributed by atoms with Gasteiger partial charge in [0, 0.05) is 24.3 Å². The third-order valence-corrected chi connectivity index (χ3v) is 5.81. The molecule has 2 heterocycles. The molecule has 1 saturated heterocycles. The van der Waals surface area contributed by atoms with Crippen LogP contribution in [0.5, 0.6) is 0 Å². The Morgan fingerprint density at radius 1 is 1.00 bits per heavy atom. The fraction of sp³-hybridized carbons (Fsp3) is 0.333. The minimum atomic E-state index is -0.339. The maximum absolute atomic E-state index is 13.9. The number of anilines is 4. The van der Waals surface area contributed by atoms with Crippen LogP contribution in [0.3, 0.4) is 0 Å². The van der Waals surface area contributed by atoms with Gasteiger partial charge in [-0.2, -0.15) is 20.1 Å². The van der Waals surface area contributed by atoms with E-state index in [4.69, 9.17) is 0 Å². The number of hydrogen-bond acceptors (Lipinski definition) is 7. The van der Waals surface area contributed by atoms with Crippen LogP contribution in [0, 0.1) is 25.6 Å². The second-order valence-electron chi connectivity index (χ2n) is 8.22. The van der Waals surface area contributed by atoms with Crippen molar-refractivity contribution in [2.45, 2.75) is 33.6 Å². The van der Waals surface area contributed by atoms with E-state index in [2.05, 4.69) is 62.5 Å². The topological polar surface area (TPSA) is 78.3 Å². The molecule has 0 saturated carbocycles. The highest BCUT2D eigenvalue weighted by molar-refractivity contribution is 5.85. The Hall–Kier alpha value is -3.26. The number of benzene rings is 2. The molecule has 7 nitrogen and oxygen atoms in total. The van der Waals surface area contributed by atoms with Gasteiger partial charge in [0.1, 0.15) is 5.82 Å². The average molecular weight is 470 g/mol. The molecule has 1 fully saturated rings. The molecule has 0 radical (unpaired) electrons. The molecule has 0 amide bonds.